The molecule has 0 aromatic heterocycles. The van der Waals surface area contributed by atoms with E-state index in [2.05, 4.69) is 59.1 Å². The zero-order valence-corrected chi connectivity index (χ0v) is 19.0. The number of allylic oxidation sites excluding steroid dienone is 4. The standard InChI is InChI=1S/C14H18O.C13H20O/c1-11(2)13(15)10-14(3,4)12-8-6-5-7-9-12;1-4-5-8-12(14)11-7-6-9-13(2,3)10-11/h5-9H,1,10H2,2-4H3;4,7H,1,5-6,8-10H2,2-3H3. The highest BCUT2D eigenvalue weighted by molar-refractivity contribution is 5.95. The second-order valence-corrected chi connectivity index (χ2v) is 9.49. The summed E-state index contributed by atoms with van der Waals surface area (Å²) in [7, 11) is 0. The second kappa shape index (κ2) is 11.1. The average molecular weight is 395 g/mol. The molecule has 0 N–H and O–H groups in total. The van der Waals surface area contributed by atoms with Crippen molar-refractivity contribution < 1.29 is 9.59 Å². The van der Waals surface area contributed by atoms with Crippen molar-refractivity contribution in [3.05, 3.63) is 72.4 Å². The van der Waals surface area contributed by atoms with Gasteiger partial charge in [-0.25, -0.2) is 0 Å². The molecule has 0 bridgehead atoms. The maximum absolute atomic E-state index is 11.7. The Morgan fingerprint density at radius 3 is 2.31 bits per heavy atom. The van der Waals surface area contributed by atoms with Crippen LogP contribution in [0.25, 0.3) is 0 Å². The summed E-state index contributed by atoms with van der Waals surface area (Å²) < 4.78 is 0. The lowest BCUT2D eigenvalue weighted by Crippen LogP contribution is -2.22. The van der Waals surface area contributed by atoms with Crippen LogP contribution in [0.3, 0.4) is 0 Å². The molecule has 1 aromatic carbocycles. The molecule has 0 atom stereocenters. The van der Waals surface area contributed by atoms with Crippen LogP contribution in [0.1, 0.15) is 78.7 Å². The molecule has 0 saturated heterocycles. The van der Waals surface area contributed by atoms with Gasteiger partial charge in [-0.1, -0.05) is 76.8 Å². The third-order valence-electron chi connectivity index (χ3n) is 5.45. The van der Waals surface area contributed by atoms with Crippen LogP contribution < -0.4 is 0 Å². The largest absolute Gasteiger partial charge is 0.295 e. The molecule has 1 aromatic rings. The highest BCUT2D eigenvalue weighted by atomic mass is 16.1. The summed E-state index contributed by atoms with van der Waals surface area (Å²) in [5.74, 6) is 0.460. The number of ketones is 2. The summed E-state index contributed by atoms with van der Waals surface area (Å²) >= 11 is 0. The fourth-order valence-corrected chi connectivity index (χ4v) is 3.46. The van der Waals surface area contributed by atoms with Gasteiger partial charge in [-0.15, -0.1) is 6.58 Å². The first-order chi connectivity index (χ1) is 13.5. The minimum absolute atomic E-state index is 0.114. The van der Waals surface area contributed by atoms with E-state index < -0.39 is 0 Å². The Balaban J connectivity index is 0.000000291. The summed E-state index contributed by atoms with van der Waals surface area (Å²) in [6, 6.07) is 10.1. The van der Waals surface area contributed by atoms with Crippen LogP contribution in [0.5, 0.6) is 0 Å². The van der Waals surface area contributed by atoms with Crippen molar-refractivity contribution in [3.63, 3.8) is 0 Å². The van der Waals surface area contributed by atoms with E-state index in [1.54, 1.807) is 6.92 Å². The number of hydrogen-bond donors (Lipinski definition) is 0. The summed E-state index contributed by atoms with van der Waals surface area (Å²) in [5.41, 5.74) is 3.08. The van der Waals surface area contributed by atoms with Crippen molar-refractivity contribution in [2.45, 2.75) is 78.6 Å². The fourth-order valence-electron chi connectivity index (χ4n) is 3.46. The zero-order chi connectivity index (χ0) is 22.1. The van der Waals surface area contributed by atoms with Crippen LogP contribution in [0.4, 0.5) is 0 Å². The zero-order valence-electron chi connectivity index (χ0n) is 19.0. The van der Waals surface area contributed by atoms with E-state index in [1.165, 1.54) is 12.0 Å². The van der Waals surface area contributed by atoms with Crippen LogP contribution in [-0.2, 0) is 15.0 Å². The Morgan fingerprint density at radius 1 is 1.17 bits per heavy atom. The molecule has 0 amide bonds. The highest BCUT2D eigenvalue weighted by Crippen LogP contribution is 2.35. The molecular formula is C27H38O2. The Labute approximate surface area is 177 Å². The van der Waals surface area contributed by atoms with Crippen molar-refractivity contribution >= 4 is 11.6 Å². The topological polar surface area (TPSA) is 34.1 Å². The predicted molar refractivity (Wildman–Crippen MR) is 124 cm³/mol. The molecule has 2 nitrogen and oxygen atoms in total. The van der Waals surface area contributed by atoms with Crippen molar-refractivity contribution in [1.82, 2.24) is 0 Å². The van der Waals surface area contributed by atoms with E-state index in [1.807, 2.05) is 24.3 Å². The molecule has 0 saturated carbocycles. The number of carbonyl (C=O) groups is 2. The van der Waals surface area contributed by atoms with Gasteiger partial charge >= 0.3 is 0 Å². The first kappa shape index (κ1) is 24.8. The second-order valence-electron chi connectivity index (χ2n) is 9.49. The quantitative estimate of drug-likeness (QED) is 0.346. The lowest BCUT2D eigenvalue weighted by atomic mass is 9.76. The monoisotopic (exact) mass is 394 g/mol. The SMILES string of the molecule is C=C(C)C(=O)CC(C)(C)c1ccccc1.C=CCCC(=O)C1=CCCC(C)(C)C1. The fraction of sp³-hybridized carbons (Fsp3) is 0.481. The molecule has 0 aliphatic heterocycles. The van der Waals surface area contributed by atoms with Gasteiger partial charge in [-0.2, -0.15) is 0 Å². The molecule has 29 heavy (non-hydrogen) atoms. The minimum Gasteiger partial charge on any atom is -0.295 e. The summed E-state index contributed by atoms with van der Waals surface area (Å²) in [6.07, 6.45) is 9.09. The van der Waals surface area contributed by atoms with Crippen LogP contribution in [0.15, 0.2) is 66.8 Å². The van der Waals surface area contributed by atoms with Crippen molar-refractivity contribution in [2.24, 2.45) is 5.41 Å². The number of rotatable bonds is 8. The van der Waals surface area contributed by atoms with Gasteiger partial charge in [0.2, 0.25) is 0 Å². The molecule has 0 radical (unpaired) electrons. The van der Waals surface area contributed by atoms with E-state index in [9.17, 15) is 9.59 Å². The van der Waals surface area contributed by atoms with E-state index >= 15 is 0 Å². The molecule has 1 aliphatic rings. The van der Waals surface area contributed by atoms with E-state index in [-0.39, 0.29) is 11.2 Å². The molecule has 0 heterocycles. The van der Waals surface area contributed by atoms with Crippen molar-refractivity contribution in [1.29, 1.82) is 0 Å². The molecule has 2 heteroatoms. The molecule has 0 fully saturated rings. The first-order valence-electron chi connectivity index (χ1n) is 10.6. The lowest BCUT2D eigenvalue weighted by Gasteiger charge is -2.29. The van der Waals surface area contributed by atoms with E-state index in [0.717, 1.165) is 24.8 Å². The van der Waals surface area contributed by atoms with Crippen LogP contribution in [0, 0.1) is 5.41 Å². The van der Waals surface area contributed by atoms with Gasteiger partial charge < -0.3 is 0 Å². The predicted octanol–water partition coefficient (Wildman–Crippen LogP) is 7.16. The first-order valence-corrected chi connectivity index (χ1v) is 10.6. The molecular weight excluding hydrogens is 356 g/mol. The third-order valence-corrected chi connectivity index (χ3v) is 5.45. The van der Waals surface area contributed by atoms with Crippen molar-refractivity contribution in [2.75, 3.05) is 0 Å². The molecule has 158 valence electrons. The van der Waals surface area contributed by atoms with Gasteiger partial charge in [0.15, 0.2) is 11.6 Å². The number of hydrogen-bond acceptors (Lipinski definition) is 2. The van der Waals surface area contributed by atoms with Crippen LogP contribution >= 0.6 is 0 Å². The summed E-state index contributed by atoms with van der Waals surface area (Å²) in [4.78, 5) is 23.4. The number of carbonyl (C=O) groups excluding carboxylic acids is 2. The van der Waals surface area contributed by atoms with Gasteiger partial charge in [0.1, 0.15) is 0 Å². The molecule has 0 unspecified atom stereocenters. The lowest BCUT2D eigenvalue weighted by molar-refractivity contribution is -0.117. The van der Waals surface area contributed by atoms with Gasteiger partial charge in [-0.3, -0.25) is 9.59 Å². The number of benzene rings is 1. The average Bonchev–Trinajstić information content (AvgIpc) is 2.66. The van der Waals surface area contributed by atoms with Gasteiger partial charge in [0, 0.05) is 12.8 Å². The smallest absolute Gasteiger partial charge is 0.158 e. The Kier molecular flexibility index (Phi) is 9.49. The molecule has 1 aliphatic carbocycles. The maximum Gasteiger partial charge on any atom is 0.158 e. The third kappa shape index (κ3) is 8.77. The van der Waals surface area contributed by atoms with Gasteiger partial charge in [-0.05, 0) is 60.1 Å². The van der Waals surface area contributed by atoms with E-state index in [4.69, 9.17) is 0 Å². The Hall–Kier alpha value is -2.22. The Morgan fingerprint density at radius 2 is 1.79 bits per heavy atom. The molecule has 2 rings (SSSR count). The number of Topliss-reactive ketones (excluding diaryl/α,β-unsaturated/α-hetero) is 2. The van der Waals surface area contributed by atoms with Crippen molar-refractivity contribution in [3.8, 4) is 0 Å². The van der Waals surface area contributed by atoms with Crippen LogP contribution in [-0.4, -0.2) is 11.6 Å². The van der Waals surface area contributed by atoms with Gasteiger partial charge in [0.05, 0.1) is 0 Å². The summed E-state index contributed by atoms with van der Waals surface area (Å²) in [6.45, 7) is 17.7. The summed E-state index contributed by atoms with van der Waals surface area (Å²) in [5, 5.41) is 0. The highest BCUT2D eigenvalue weighted by Gasteiger charge is 2.25. The Bertz CT molecular complexity index is 748. The van der Waals surface area contributed by atoms with E-state index in [0.29, 0.717) is 29.6 Å². The normalized spacial score (nSPS) is 15.4. The van der Waals surface area contributed by atoms with Gasteiger partial charge in [0.25, 0.3) is 0 Å². The molecule has 0 spiro atoms. The van der Waals surface area contributed by atoms with Crippen LogP contribution in [0.2, 0.25) is 0 Å². The minimum atomic E-state index is -0.114. The maximum atomic E-state index is 11.7.